The summed E-state index contributed by atoms with van der Waals surface area (Å²) in [6.07, 6.45) is 2.20. The maximum absolute atomic E-state index is 10.7. The number of aromatic carboxylic acids is 1. The van der Waals surface area contributed by atoms with Gasteiger partial charge in [0.05, 0.1) is 24.5 Å². The summed E-state index contributed by atoms with van der Waals surface area (Å²) >= 11 is 0. The summed E-state index contributed by atoms with van der Waals surface area (Å²) in [7, 11) is 0. The highest BCUT2D eigenvalue weighted by atomic mass is 16.5. The standard InChI is InChI=1S/C11H14N2O4/c12-9-3-8(11(14)15)4-13-10(9)17-6-7-1-2-16-5-7/h3-4,7H,1-2,5-6,12H2,(H,14,15). The normalized spacial score (nSPS) is 19.2. The molecule has 3 N–H and O–H groups in total. The summed E-state index contributed by atoms with van der Waals surface area (Å²) in [6, 6.07) is 1.34. The molecule has 0 radical (unpaired) electrons. The van der Waals surface area contributed by atoms with Crippen molar-refractivity contribution in [1.29, 1.82) is 0 Å². The number of rotatable bonds is 4. The third-order valence-corrected chi connectivity index (χ3v) is 2.61. The van der Waals surface area contributed by atoms with Crippen LogP contribution in [0.4, 0.5) is 5.69 Å². The molecule has 1 aromatic rings. The van der Waals surface area contributed by atoms with Crippen LogP contribution in [0.15, 0.2) is 12.3 Å². The van der Waals surface area contributed by atoms with E-state index in [1.807, 2.05) is 0 Å². The van der Waals surface area contributed by atoms with E-state index in [1.165, 1.54) is 12.3 Å². The summed E-state index contributed by atoms with van der Waals surface area (Å²) in [5, 5.41) is 8.75. The molecule has 0 saturated carbocycles. The first-order chi connectivity index (χ1) is 8.16. The minimum atomic E-state index is -1.06. The molecule has 17 heavy (non-hydrogen) atoms. The molecule has 1 atom stereocenters. The highest BCUT2D eigenvalue weighted by molar-refractivity contribution is 5.88. The predicted molar refractivity (Wildman–Crippen MR) is 60.0 cm³/mol. The number of aromatic nitrogens is 1. The van der Waals surface area contributed by atoms with Crippen molar-refractivity contribution < 1.29 is 19.4 Å². The lowest BCUT2D eigenvalue weighted by molar-refractivity contribution is 0.0696. The Bertz CT molecular complexity index is 416. The third-order valence-electron chi connectivity index (χ3n) is 2.61. The van der Waals surface area contributed by atoms with Crippen molar-refractivity contribution in [2.75, 3.05) is 25.6 Å². The van der Waals surface area contributed by atoms with Crippen molar-refractivity contribution in [1.82, 2.24) is 4.98 Å². The van der Waals surface area contributed by atoms with Gasteiger partial charge in [-0.2, -0.15) is 0 Å². The Morgan fingerprint density at radius 2 is 2.53 bits per heavy atom. The number of nitrogen functional groups attached to an aromatic ring is 1. The fourth-order valence-corrected chi connectivity index (χ4v) is 1.62. The molecule has 1 aliphatic rings. The van der Waals surface area contributed by atoms with Crippen molar-refractivity contribution in [2.24, 2.45) is 5.92 Å². The van der Waals surface area contributed by atoms with Gasteiger partial charge < -0.3 is 20.3 Å². The zero-order valence-electron chi connectivity index (χ0n) is 9.26. The number of hydrogen-bond acceptors (Lipinski definition) is 5. The fraction of sp³-hybridized carbons (Fsp3) is 0.455. The Morgan fingerprint density at radius 1 is 1.71 bits per heavy atom. The molecule has 6 nitrogen and oxygen atoms in total. The summed E-state index contributed by atoms with van der Waals surface area (Å²) in [4.78, 5) is 14.6. The van der Waals surface area contributed by atoms with Gasteiger partial charge in [0.25, 0.3) is 0 Å². The predicted octanol–water partition coefficient (Wildman–Crippen LogP) is 0.777. The lowest BCUT2D eigenvalue weighted by atomic mass is 10.1. The van der Waals surface area contributed by atoms with Crippen LogP contribution in [0.1, 0.15) is 16.8 Å². The van der Waals surface area contributed by atoms with E-state index in [2.05, 4.69) is 4.98 Å². The second kappa shape index (κ2) is 5.01. The van der Waals surface area contributed by atoms with E-state index in [-0.39, 0.29) is 17.1 Å². The van der Waals surface area contributed by atoms with Gasteiger partial charge in [0.15, 0.2) is 0 Å². The van der Waals surface area contributed by atoms with Crippen LogP contribution >= 0.6 is 0 Å². The van der Waals surface area contributed by atoms with Gasteiger partial charge in [-0.05, 0) is 12.5 Å². The Balaban J connectivity index is 1.98. The van der Waals surface area contributed by atoms with Gasteiger partial charge in [0, 0.05) is 18.7 Å². The van der Waals surface area contributed by atoms with Gasteiger partial charge in [0.1, 0.15) is 0 Å². The molecule has 0 aliphatic carbocycles. The maximum atomic E-state index is 10.7. The molecular weight excluding hydrogens is 224 g/mol. The molecule has 0 aromatic carbocycles. The van der Waals surface area contributed by atoms with Gasteiger partial charge in [-0.25, -0.2) is 9.78 Å². The van der Waals surface area contributed by atoms with Gasteiger partial charge in [0.2, 0.25) is 5.88 Å². The topological polar surface area (TPSA) is 94.7 Å². The van der Waals surface area contributed by atoms with E-state index < -0.39 is 5.97 Å². The van der Waals surface area contributed by atoms with Crippen LogP contribution in [-0.2, 0) is 4.74 Å². The van der Waals surface area contributed by atoms with E-state index in [0.717, 1.165) is 13.0 Å². The van der Waals surface area contributed by atoms with Crippen molar-refractivity contribution >= 4 is 11.7 Å². The first-order valence-electron chi connectivity index (χ1n) is 5.36. The summed E-state index contributed by atoms with van der Waals surface area (Å²) in [5.74, 6) is -0.419. The average Bonchev–Trinajstić information content (AvgIpc) is 2.80. The van der Waals surface area contributed by atoms with E-state index in [1.54, 1.807) is 0 Å². The van der Waals surface area contributed by atoms with Crippen molar-refractivity contribution in [3.05, 3.63) is 17.8 Å². The summed E-state index contributed by atoms with van der Waals surface area (Å²) in [5.41, 5.74) is 5.96. The third kappa shape index (κ3) is 2.85. The number of hydrogen-bond donors (Lipinski definition) is 2. The van der Waals surface area contributed by atoms with Crippen molar-refractivity contribution in [2.45, 2.75) is 6.42 Å². The highest BCUT2D eigenvalue weighted by Gasteiger charge is 2.17. The van der Waals surface area contributed by atoms with E-state index in [0.29, 0.717) is 19.1 Å². The van der Waals surface area contributed by atoms with Crippen molar-refractivity contribution in [3.63, 3.8) is 0 Å². The molecule has 1 aliphatic heterocycles. The summed E-state index contributed by atoms with van der Waals surface area (Å²) in [6.45, 7) is 1.94. The molecule has 1 fully saturated rings. The molecule has 1 saturated heterocycles. The molecule has 2 heterocycles. The van der Waals surface area contributed by atoms with Gasteiger partial charge in [-0.15, -0.1) is 0 Å². The van der Waals surface area contributed by atoms with E-state index >= 15 is 0 Å². The minimum Gasteiger partial charge on any atom is -0.478 e. The SMILES string of the molecule is Nc1cc(C(=O)O)cnc1OCC1CCOC1. The molecular formula is C11H14N2O4. The lowest BCUT2D eigenvalue weighted by Gasteiger charge is -2.11. The lowest BCUT2D eigenvalue weighted by Crippen LogP contribution is -2.13. The first-order valence-corrected chi connectivity index (χ1v) is 5.36. The van der Waals surface area contributed by atoms with Crippen LogP contribution in [0.25, 0.3) is 0 Å². The number of ether oxygens (including phenoxy) is 2. The number of nitrogens with zero attached hydrogens (tertiary/aromatic N) is 1. The molecule has 1 aromatic heterocycles. The largest absolute Gasteiger partial charge is 0.478 e. The number of anilines is 1. The van der Waals surface area contributed by atoms with E-state index in [9.17, 15) is 4.79 Å². The molecule has 6 heteroatoms. The fourth-order valence-electron chi connectivity index (χ4n) is 1.62. The van der Waals surface area contributed by atoms with Gasteiger partial charge >= 0.3 is 5.97 Å². The average molecular weight is 238 g/mol. The summed E-state index contributed by atoms with van der Waals surface area (Å²) < 4.78 is 10.7. The Hall–Kier alpha value is -1.82. The first kappa shape index (κ1) is 11.7. The molecule has 92 valence electrons. The number of carboxylic acid groups (broad SMARTS) is 1. The molecule has 1 unspecified atom stereocenters. The number of nitrogens with two attached hydrogens (primary N) is 1. The van der Waals surface area contributed by atoms with Crippen LogP contribution in [-0.4, -0.2) is 35.9 Å². The quantitative estimate of drug-likeness (QED) is 0.804. The second-order valence-electron chi connectivity index (χ2n) is 3.96. The zero-order chi connectivity index (χ0) is 12.3. The molecule has 2 rings (SSSR count). The molecule has 0 bridgehead atoms. The number of carbonyl (C=O) groups is 1. The van der Waals surface area contributed by atoms with Crippen LogP contribution in [0.5, 0.6) is 5.88 Å². The van der Waals surface area contributed by atoms with Crippen molar-refractivity contribution in [3.8, 4) is 5.88 Å². The number of pyridine rings is 1. The Morgan fingerprint density at radius 3 is 3.12 bits per heavy atom. The van der Waals surface area contributed by atoms with Gasteiger partial charge in [-0.3, -0.25) is 0 Å². The molecule has 0 spiro atoms. The Kier molecular flexibility index (Phi) is 3.43. The molecule has 0 amide bonds. The van der Waals surface area contributed by atoms with Crippen LogP contribution in [0, 0.1) is 5.92 Å². The smallest absolute Gasteiger partial charge is 0.337 e. The van der Waals surface area contributed by atoms with Gasteiger partial charge in [-0.1, -0.05) is 0 Å². The second-order valence-corrected chi connectivity index (χ2v) is 3.96. The number of carboxylic acids is 1. The monoisotopic (exact) mass is 238 g/mol. The Labute approximate surface area is 98.4 Å². The minimum absolute atomic E-state index is 0.0547. The van der Waals surface area contributed by atoms with Crippen LogP contribution < -0.4 is 10.5 Å². The van der Waals surface area contributed by atoms with E-state index in [4.69, 9.17) is 20.3 Å². The zero-order valence-corrected chi connectivity index (χ0v) is 9.26. The van der Waals surface area contributed by atoms with Crippen LogP contribution in [0.3, 0.4) is 0 Å². The highest BCUT2D eigenvalue weighted by Crippen LogP contribution is 2.21. The maximum Gasteiger partial charge on any atom is 0.337 e. The van der Waals surface area contributed by atoms with Crippen LogP contribution in [0.2, 0.25) is 0 Å².